The molecule has 1 aliphatic carbocycles. The number of likely N-dealkylation sites (tertiary alicyclic amines) is 1. The third-order valence-corrected chi connectivity index (χ3v) is 5.71. The SMILES string of the molecule is CC1CCc2[nH]c3ccc(C(=O)OCC(=O)N4CCCCC4)cc3c2C1. The summed E-state index contributed by atoms with van der Waals surface area (Å²) in [5.41, 5.74) is 4.22. The summed E-state index contributed by atoms with van der Waals surface area (Å²) in [7, 11) is 0. The van der Waals surface area contributed by atoms with Crippen LogP contribution in [0, 0.1) is 5.92 Å². The molecule has 1 aliphatic heterocycles. The molecule has 0 saturated carbocycles. The number of nitrogens with zero attached hydrogens (tertiary/aromatic N) is 1. The second kappa shape index (κ2) is 7.14. The molecule has 1 saturated heterocycles. The van der Waals surface area contributed by atoms with E-state index in [1.54, 1.807) is 11.0 Å². The molecule has 0 radical (unpaired) electrons. The number of hydrogen-bond acceptors (Lipinski definition) is 3. The van der Waals surface area contributed by atoms with Gasteiger partial charge in [0.1, 0.15) is 0 Å². The van der Waals surface area contributed by atoms with Gasteiger partial charge in [-0.3, -0.25) is 4.79 Å². The van der Waals surface area contributed by atoms with Crippen molar-refractivity contribution < 1.29 is 14.3 Å². The van der Waals surface area contributed by atoms with Gasteiger partial charge in [-0.25, -0.2) is 4.79 Å². The molecule has 1 aromatic carbocycles. The maximum absolute atomic E-state index is 12.4. The number of amides is 1. The van der Waals surface area contributed by atoms with Crippen molar-refractivity contribution in [1.82, 2.24) is 9.88 Å². The third-order valence-electron chi connectivity index (χ3n) is 5.71. The van der Waals surface area contributed by atoms with Gasteiger partial charge in [0.15, 0.2) is 6.61 Å². The highest BCUT2D eigenvalue weighted by molar-refractivity contribution is 5.97. The molecule has 2 heterocycles. The summed E-state index contributed by atoms with van der Waals surface area (Å²) in [5, 5.41) is 1.11. The maximum Gasteiger partial charge on any atom is 0.338 e. The average molecular weight is 354 g/mol. The number of esters is 1. The van der Waals surface area contributed by atoms with Crippen molar-refractivity contribution in [3.63, 3.8) is 0 Å². The number of rotatable bonds is 3. The minimum absolute atomic E-state index is 0.0908. The number of aromatic nitrogens is 1. The van der Waals surface area contributed by atoms with E-state index in [2.05, 4.69) is 11.9 Å². The fraction of sp³-hybridized carbons (Fsp3) is 0.524. The summed E-state index contributed by atoms with van der Waals surface area (Å²) in [6, 6.07) is 5.64. The average Bonchev–Trinajstić information content (AvgIpc) is 3.03. The number of aryl methyl sites for hydroxylation is 1. The van der Waals surface area contributed by atoms with Crippen LogP contribution in [-0.2, 0) is 22.4 Å². The lowest BCUT2D eigenvalue weighted by Gasteiger charge is -2.26. The van der Waals surface area contributed by atoms with Crippen LogP contribution >= 0.6 is 0 Å². The van der Waals surface area contributed by atoms with Crippen LogP contribution in [0.1, 0.15) is 54.2 Å². The molecule has 1 atom stereocenters. The number of carbonyl (C=O) groups is 2. The second-order valence-corrected chi connectivity index (χ2v) is 7.71. The van der Waals surface area contributed by atoms with E-state index in [0.29, 0.717) is 11.5 Å². The monoisotopic (exact) mass is 354 g/mol. The second-order valence-electron chi connectivity index (χ2n) is 7.71. The fourth-order valence-electron chi connectivity index (χ4n) is 4.16. The first-order valence-corrected chi connectivity index (χ1v) is 9.70. The molecule has 1 aromatic heterocycles. The lowest BCUT2D eigenvalue weighted by atomic mass is 9.87. The molecule has 1 N–H and O–H groups in total. The summed E-state index contributed by atoms with van der Waals surface area (Å²) in [6.07, 6.45) is 6.55. The van der Waals surface area contributed by atoms with E-state index in [1.165, 1.54) is 24.1 Å². The zero-order valence-corrected chi connectivity index (χ0v) is 15.3. The zero-order chi connectivity index (χ0) is 18.1. The fourth-order valence-corrected chi connectivity index (χ4v) is 4.16. The highest BCUT2D eigenvalue weighted by atomic mass is 16.5. The normalized spacial score (nSPS) is 20.0. The molecule has 0 bridgehead atoms. The Kier molecular flexibility index (Phi) is 4.70. The van der Waals surface area contributed by atoms with Crippen molar-refractivity contribution in [1.29, 1.82) is 0 Å². The largest absolute Gasteiger partial charge is 0.452 e. The summed E-state index contributed by atoms with van der Waals surface area (Å²) < 4.78 is 5.29. The highest BCUT2D eigenvalue weighted by Gasteiger charge is 2.22. The predicted octanol–water partition coefficient (Wildman–Crippen LogP) is 3.46. The third kappa shape index (κ3) is 3.35. The number of nitrogens with one attached hydrogen (secondary N) is 1. The molecule has 2 aromatic rings. The van der Waals surface area contributed by atoms with Gasteiger partial charge in [0.2, 0.25) is 0 Å². The van der Waals surface area contributed by atoms with Gasteiger partial charge < -0.3 is 14.6 Å². The quantitative estimate of drug-likeness (QED) is 0.859. The van der Waals surface area contributed by atoms with Gasteiger partial charge in [0.05, 0.1) is 5.56 Å². The molecule has 2 aliphatic rings. The Morgan fingerprint density at radius 1 is 1.23 bits per heavy atom. The van der Waals surface area contributed by atoms with E-state index < -0.39 is 5.97 Å². The molecule has 1 fully saturated rings. The van der Waals surface area contributed by atoms with Crippen LogP contribution in [0.3, 0.4) is 0 Å². The van der Waals surface area contributed by atoms with Gasteiger partial charge in [-0.1, -0.05) is 6.92 Å². The highest BCUT2D eigenvalue weighted by Crippen LogP contribution is 2.32. The number of carbonyl (C=O) groups excluding carboxylic acids is 2. The molecular weight excluding hydrogens is 328 g/mol. The van der Waals surface area contributed by atoms with Gasteiger partial charge in [0.25, 0.3) is 5.91 Å². The van der Waals surface area contributed by atoms with Crippen molar-refractivity contribution in [2.45, 2.75) is 45.4 Å². The van der Waals surface area contributed by atoms with Crippen LogP contribution in [0.5, 0.6) is 0 Å². The van der Waals surface area contributed by atoms with Crippen LogP contribution in [0.15, 0.2) is 18.2 Å². The first-order valence-electron chi connectivity index (χ1n) is 9.70. The standard InChI is InChI=1S/C21H26N2O3/c1-14-5-7-18-16(11-14)17-12-15(6-8-19(17)22-18)21(25)26-13-20(24)23-9-3-2-4-10-23/h6,8,12,14,22H,2-5,7,9-11,13H2,1H3. The van der Waals surface area contributed by atoms with Crippen molar-refractivity contribution in [3.8, 4) is 0 Å². The minimum atomic E-state index is -0.420. The molecular formula is C21H26N2O3. The van der Waals surface area contributed by atoms with Crippen molar-refractivity contribution in [3.05, 3.63) is 35.0 Å². The first-order chi connectivity index (χ1) is 12.6. The van der Waals surface area contributed by atoms with Crippen LogP contribution < -0.4 is 0 Å². The minimum Gasteiger partial charge on any atom is -0.452 e. The summed E-state index contributed by atoms with van der Waals surface area (Å²) in [5.74, 6) is 0.155. The lowest BCUT2D eigenvalue weighted by molar-refractivity contribution is -0.135. The van der Waals surface area contributed by atoms with Gasteiger partial charge in [-0.15, -0.1) is 0 Å². The molecule has 5 nitrogen and oxygen atoms in total. The van der Waals surface area contributed by atoms with Crippen LogP contribution in [-0.4, -0.2) is 41.5 Å². The Balaban J connectivity index is 1.46. The summed E-state index contributed by atoms with van der Waals surface area (Å²) in [6.45, 7) is 3.65. The van der Waals surface area contributed by atoms with Crippen LogP contribution in [0.25, 0.3) is 10.9 Å². The van der Waals surface area contributed by atoms with Gasteiger partial charge in [-0.05, 0) is 68.2 Å². The van der Waals surface area contributed by atoms with E-state index in [-0.39, 0.29) is 12.5 Å². The molecule has 1 amide bonds. The number of H-pyrrole nitrogens is 1. The molecule has 0 spiro atoms. The van der Waals surface area contributed by atoms with Crippen LogP contribution in [0.2, 0.25) is 0 Å². The zero-order valence-electron chi connectivity index (χ0n) is 15.3. The van der Waals surface area contributed by atoms with Gasteiger partial charge >= 0.3 is 5.97 Å². The van der Waals surface area contributed by atoms with Crippen molar-refractivity contribution in [2.75, 3.05) is 19.7 Å². The molecule has 138 valence electrons. The van der Waals surface area contributed by atoms with E-state index in [9.17, 15) is 9.59 Å². The van der Waals surface area contributed by atoms with E-state index >= 15 is 0 Å². The maximum atomic E-state index is 12.4. The molecule has 1 unspecified atom stereocenters. The van der Waals surface area contributed by atoms with E-state index in [1.807, 2.05) is 12.1 Å². The topological polar surface area (TPSA) is 62.4 Å². The van der Waals surface area contributed by atoms with Gasteiger partial charge in [-0.2, -0.15) is 0 Å². The van der Waals surface area contributed by atoms with Crippen molar-refractivity contribution >= 4 is 22.8 Å². The summed E-state index contributed by atoms with van der Waals surface area (Å²) in [4.78, 5) is 29.9. The Morgan fingerprint density at radius 3 is 2.85 bits per heavy atom. The smallest absolute Gasteiger partial charge is 0.338 e. The Morgan fingerprint density at radius 2 is 2.04 bits per heavy atom. The number of piperidine rings is 1. The first kappa shape index (κ1) is 17.1. The number of hydrogen-bond donors (Lipinski definition) is 1. The number of fused-ring (bicyclic) bond motifs is 3. The summed E-state index contributed by atoms with van der Waals surface area (Å²) >= 11 is 0. The number of aromatic amines is 1. The van der Waals surface area contributed by atoms with Crippen LogP contribution in [0.4, 0.5) is 0 Å². The predicted molar refractivity (Wildman–Crippen MR) is 100 cm³/mol. The molecule has 5 heteroatoms. The van der Waals surface area contributed by atoms with Crippen molar-refractivity contribution in [2.24, 2.45) is 5.92 Å². The number of ether oxygens (including phenoxy) is 1. The Hall–Kier alpha value is -2.30. The molecule has 26 heavy (non-hydrogen) atoms. The van der Waals surface area contributed by atoms with E-state index in [0.717, 1.165) is 49.7 Å². The number of benzene rings is 1. The van der Waals surface area contributed by atoms with E-state index in [4.69, 9.17) is 4.74 Å². The Bertz CT molecular complexity index is 833. The molecule has 4 rings (SSSR count). The lowest BCUT2D eigenvalue weighted by Crippen LogP contribution is -2.38. The van der Waals surface area contributed by atoms with Gasteiger partial charge in [0, 0.05) is 29.7 Å². The Labute approximate surface area is 153 Å².